The highest BCUT2D eigenvalue weighted by Crippen LogP contribution is 2.30. The van der Waals surface area contributed by atoms with Gasteiger partial charge in [0.25, 0.3) is 5.56 Å². The Labute approximate surface area is 236 Å². The first-order chi connectivity index (χ1) is 18.9. The Balaban J connectivity index is 1.49. The van der Waals surface area contributed by atoms with Gasteiger partial charge >= 0.3 is 11.9 Å². The monoisotopic (exact) mass is 602 g/mol. The Kier molecular flexibility index (Phi) is 7.72. The minimum Gasteiger partial charge on any atom is -0.463 e. The molecule has 3 aromatic carbocycles. The van der Waals surface area contributed by atoms with Crippen LogP contribution >= 0.6 is 27.3 Å². The average molecular weight is 603 g/mol. The molecule has 1 aliphatic heterocycles. The van der Waals surface area contributed by atoms with Gasteiger partial charge in [0.1, 0.15) is 5.75 Å². The van der Waals surface area contributed by atoms with Crippen molar-refractivity contribution in [2.45, 2.75) is 19.9 Å². The molecule has 1 aliphatic rings. The zero-order valence-corrected chi connectivity index (χ0v) is 23.5. The molecule has 1 atom stereocenters. The molecule has 9 heteroatoms. The Morgan fingerprint density at radius 3 is 2.46 bits per heavy atom. The van der Waals surface area contributed by atoms with E-state index in [0.29, 0.717) is 31.9 Å². The van der Waals surface area contributed by atoms with Gasteiger partial charge < -0.3 is 9.47 Å². The topological polar surface area (TPSA) is 87.0 Å². The van der Waals surface area contributed by atoms with Crippen molar-refractivity contribution >= 4 is 45.3 Å². The number of halogens is 1. The summed E-state index contributed by atoms with van der Waals surface area (Å²) in [6, 6.07) is 22.6. The van der Waals surface area contributed by atoms with E-state index in [1.54, 1.807) is 67.0 Å². The van der Waals surface area contributed by atoms with Crippen LogP contribution in [0.15, 0.2) is 104 Å². The highest BCUT2D eigenvalue weighted by molar-refractivity contribution is 9.10. The van der Waals surface area contributed by atoms with Gasteiger partial charge in [0.15, 0.2) is 4.80 Å². The lowest BCUT2D eigenvalue weighted by molar-refractivity contribution is -0.139. The van der Waals surface area contributed by atoms with Gasteiger partial charge in [-0.05, 0) is 61.4 Å². The zero-order valence-electron chi connectivity index (χ0n) is 21.1. The van der Waals surface area contributed by atoms with Crippen LogP contribution in [0.5, 0.6) is 5.75 Å². The van der Waals surface area contributed by atoms with Crippen LogP contribution in [0.25, 0.3) is 6.08 Å². The van der Waals surface area contributed by atoms with Crippen LogP contribution in [-0.4, -0.2) is 23.1 Å². The second-order valence-electron chi connectivity index (χ2n) is 8.68. The SMILES string of the molecule is CCOC(=O)C1=C(C)N=c2s/c(=C\c3ccc(OC(=O)c4cccc(Br)c4)cc3)c(=O)n2C1c1ccccc1. The molecule has 0 bridgehead atoms. The Morgan fingerprint density at radius 2 is 1.77 bits per heavy atom. The van der Waals surface area contributed by atoms with E-state index in [0.717, 1.165) is 15.6 Å². The van der Waals surface area contributed by atoms with Gasteiger partial charge in [-0.25, -0.2) is 14.6 Å². The first-order valence-corrected chi connectivity index (χ1v) is 13.8. The van der Waals surface area contributed by atoms with Crippen LogP contribution in [0.1, 0.15) is 41.4 Å². The summed E-state index contributed by atoms with van der Waals surface area (Å²) >= 11 is 4.60. The van der Waals surface area contributed by atoms with Crippen LogP contribution in [0.2, 0.25) is 0 Å². The molecule has 1 aromatic heterocycles. The van der Waals surface area contributed by atoms with Gasteiger partial charge in [-0.1, -0.05) is 75.8 Å². The number of fused-ring (bicyclic) bond motifs is 1. The summed E-state index contributed by atoms with van der Waals surface area (Å²) in [4.78, 5) is 44.1. The summed E-state index contributed by atoms with van der Waals surface area (Å²) in [6.45, 7) is 3.72. The van der Waals surface area contributed by atoms with E-state index < -0.39 is 18.0 Å². The molecule has 0 aliphatic carbocycles. The van der Waals surface area contributed by atoms with Gasteiger partial charge in [-0.15, -0.1) is 0 Å². The zero-order chi connectivity index (χ0) is 27.5. The maximum absolute atomic E-state index is 13.7. The van der Waals surface area contributed by atoms with Crippen LogP contribution < -0.4 is 19.6 Å². The Bertz CT molecular complexity index is 1770. The molecule has 0 saturated carbocycles. The van der Waals surface area contributed by atoms with E-state index in [1.165, 1.54) is 11.3 Å². The molecule has 0 fully saturated rings. The molecule has 0 N–H and O–H groups in total. The van der Waals surface area contributed by atoms with Gasteiger partial charge in [0.2, 0.25) is 0 Å². The van der Waals surface area contributed by atoms with Crippen LogP contribution in [0, 0.1) is 0 Å². The van der Waals surface area contributed by atoms with E-state index in [1.807, 2.05) is 36.4 Å². The lowest BCUT2D eigenvalue weighted by atomic mass is 9.96. The van der Waals surface area contributed by atoms with Gasteiger partial charge in [0, 0.05) is 4.47 Å². The van der Waals surface area contributed by atoms with E-state index >= 15 is 0 Å². The summed E-state index contributed by atoms with van der Waals surface area (Å²) in [6.07, 6.45) is 1.76. The summed E-state index contributed by atoms with van der Waals surface area (Å²) in [7, 11) is 0. The minimum atomic E-state index is -0.650. The van der Waals surface area contributed by atoms with Crippen molar-refractivity contribution in [2.24, 2.45) is 4.99 Å². The van der Waals surface area contributed by atoms with Crippen molar-refractivity contribution in [1.82, 2.24) is 4.57 Å². The minimum absolute atomic E-state index is 0.218. The third kappa shape index (κ3) is 5.55. The van der Waals surface area contributed by atoms with Crippen molar-refractivity contribution < 1.29 is 19.1 Å². The number of carbonyl (C=O) groups is 2. The lowest BCUT2D eigenvalue weighted by Gasteiger charge is -2.24. The second kappa shape index (κ2) is 11.3. The third-order valence-electron chi connectivity index (χ3n) is 6.08. The molecular formula is C30H23BrN2O5S. The van der Waals surface area contributed by atoms with E-state index in [-0.39, 0.29) is 12.2 Å². The molecule has 0 spiro atoms. The van der Waals surface area contributed by atoms with Gasteiger partial charge in [0.05, 0.1) is 34.0 Å². The fraction of sp³-hybridized carbons (Fsp3) is 0.133. The fourth-order valence-corrected chi connectivity index (χ4v) is 5.75. The van der Waals surface area contributed by atoms with Crippen LogP contribution in [0.4, 0.5) is 0 Å². The number of thiazole rings is 1. The molecule has 7 nitrogen and oxygen atoms in total. The normalized spacial score (nSPS) is 14.9. The number of aromatic nitrogens is 1. The second-order valence-corrected chi connectivity index (χ2v) is 10.6. The standard InChI is InChI=1S/C30H23BrN2O5S/c1-3-37-29(36)25-18(2)32-30-33(26(25)20-8-5-4-6-9-20)27(34)24(39-30)16-19-12-14-23(15-13-19)38-28(35)21-10-7-11-22(31)17-21/h4-17,26H,3H2,1-2H3/b24-16-. The highest BCUT2D eigenvalue weighted by atomic mass is 79.9. The number of benzene rings is 3. The number of hydrogen-bond acceptors (Lipinski definition) is 7. The molecular weight excluding hydrogens is 580 g/mol. The number of esters is 2. The summed E-state index contributed by atoms with van der Waals surface area (Å²) in [5.74, 6) is -0.571. The molecule has 39 heavy (non-hydrogen) atoms. The number of nitrogens with zero attached hydrogens (tertiary/aromatic N) is 2. The summed E-state index contributed by atoms with van der Waals surface area (Å²) < 4.78 is 13.6. The van der Waals surface area contributed by atoms with Crippen molar-refractivity contribution in [3.63, 3.8) is 0 Å². The first-order valence-electron chi connectivity index (χ1n) is 12.2. The number of hydrogen-bond donors (Lipinski definition) is 0. The summed E-state index contributed by atoms with van der Waals surface area (Å²) in [5.41, 5.74) is 2.58. The fourth-order valence-electron chi connectivity index (χ4n) is 4.31. The molecule has 0 saturated heterocycles. The van der Waals surface area contributed by atoms with E-state index in [4.69, 9.17) is 9.47 Å². The smallest absolute Gasteiger partial charge is 0.343 e. The highest BCUT2D eigenvalue weighted by Gasteiger charge is 2.33. The number of ether oxygens (including phenoxy) is 2. The number of rotatable bonds is 6. The summed E-state index contributed by atoms with van der Waals surface area (Å²) in [5, 5.41) is 0. The van der Waals surface area contributed by atoms with E-state index in [2.05, 4.69) is 20.9 Å². The van der Waals surface area contributed by atoms with Gasteiger partial charge in [-0.3, -0.25) is 9.36 Å². The van der Waals surface area contributed by atoms with Crippen molar-refractivity contribution in [3.8, 4) is 5.75 Å². The average Bonchev–Trinajstić information content (AvgIpc) is 3.23. The molecule has 2 heterocycles. The van der Waals surface area contributed by atoms with Crippen LogP contribution in [0.3, 0.4) is 0 Å². The third-order valence-corrected chi connectivity index (χ3v) is 7.56. The quantitative estimate of drug-likeness (QED) is 0.234. The number of carbonyl (C=O) groups excluding carboxylic acids is 2. The molecule has 5 rings (SSSR count). The predicted molar refractivity (Wildman–Crippen MR) is 152 cm³/mol. The van der Waals surface area contributed by atoms with Crippen molar-refractivity contribution in [1.29, 1.82) is 0 Å². The molecule has 0 radical (unpaired) electrons. The van der Waals surface area contributed by atoms with Crippen molar-refractivity contribution in [2.75, 3.05) is 6.61 Å². The molecule has 4 aromatic rings. The van der Waals surface area contributed by atoms with Gasteiger partial charge in [-0.2, -0.15) is 0 Å². The lowest BCUT2D eigenvalue weighted by Crippen LogP contribution is -2.39. The Morgan fingerprint density at radius 1 is 1.03 bits per heavy atom. The number of allylic oxidation sites excluding steroid dienone is 1. The molecule has 196 valence electrons. The maximum atomic E-state index is 13.7. The molecule has 0 amide bonds. The Hall–Kier alpha value is -4.08. The predicted octanol–water partition coefficient (Wildman–Crippen LogP) is 4.78. The first kappa shape index (κ1) is 26.5. The van der Waals surface area contributed by atoms with Crippen molar-refractivity contribution in [3.05, 3.63) is 131 Å². The van der Waals surface area contributed by atoms with Crippen LogP contribution in [-0.2, 0) is 9.53 Å². The molecule has 1 unspecified atom stereocenters. The maximum Gasteiger partial charge on any atom is 0.343 e. The largest absolute Gasteiger partial charge is 0.463 e. The van der Waals surface area contributed by atoms with E-state index in [9.17, 15) is 14.4 Å².